The molecule has 0 radical (unpaired) electrons. The number of nitrogens with zero attached hydrogens (tertiary/aromatic N) is 2. The fourth-order valence-corrected chi connectivity index (χ4v) is 2.81. The molecule has 0 saturated carbocycles. The standard InChI is InChI=1S/C21H17ClFN3O3/c1-2-29-21(28)16-13-24-26(14-7-4-3-5-8-14)20(16)25-19(27)12-11-15-17(22)9-6-10-18(15)23/h3-13H,2H2,1H3,(H,25,27)/b12-11+. The number of halogens is 2. The van der Waals surface area contributed by atoms with Crippen molar-refractivity contribution in [1.29, 1.82) is 0 Å². The third kappa shape index (κ3) is 4.70. The Morgan fingerprint density at radius 3 is 2.66 bits per heavy atom. The first kappa shape index (κ1) is 20.3. The van der Waals surface area contributed by atoms with Crippen LogP contribution in [0.5, 0.6) is 0 Å². The van der Waals surface area contributed by atoms with Crippen LogP contribution < -0.4 is 5.32 Å². The van der Waals surface area contributed by atoms with E-state index in [9.17, 15) is 14.0 Å². The molecule has 148 valence electrons. The average Bonchev–Trinajstić information content (AvgIpc) is 3.12. The molecule has 0 unspecified atom stereocenters. The second-order valence-electron chi connectivity index (χ2n) is 5.83. The highest BCUT2D eigenvalue weighted by Gasteiger charge is 2.21. The minimum atomic E-state index is -0.619. The van der Waals surface area contributed by atoms with Crippen molar-refractivity contribution in [2.75, 3.05) is 11.9 Å². The van der Waals surface area contributed by atoms with E-state index >= 15 is 0 Å². The largest absolute Gasteiger partial charge is 0.462 e. The van der Waals surface area contributed by atoms with Gasteiger partial charge < -0.3 is 10.1 Å². The summed E-state index contributed by atoms with van der Waals surface area (Å²) in [5.74, 6) is -1.62. The number of rotatable bonds is 6. The van der Waals surface area contributed by atoms with Gasteiger partial charge in [0.15, 0.2) is 5.82 Å². The second-order valence-corrected chi connectivity index (χ2v) is 6.24. The molecule has 6 nitrogen and oxygen atoms in total. The van der Waals surface area contributed by atoms with Crippen LogP contribution in [0.1, 0.15) is 22.8 Å². The molecule has 1 heterocycles. The van der Waals surface area contributed by atoms with Crippen LogP contribution in [0.3, 0.4) is 0 Å². The molecule has 8 heteroatoms. The predicted molar refractivity (Wildman–Crippen MR) is 109 cm³/mol. The van der Waals surface area contributed by atoms with E-state index in [2.05, 4.69) is 10.4 Å². The van der Waals surface area contributed by atoms with Gasteiger partial charge in [-0.05, 0) is 37.3 Å². The Kier molecular flexibility index (Phi) is 6.41. The molecule has 0 spiro atoms. The fourth-order valence-electron chi connectivity index (χ4n) is 2.58. The minimum absolute atomic E-state index is 0.0894. The number of benzene rings is 2. The number of aromatic nitrogens is 2. The molecule has 0 aliphatic rings. The third-order valence-corrected chi connectivity index (χ3v) is 4.24. The molecule has 0 fully saturated rings. The van der Waals surface area contributed by atoms with E-state index in [1.807, 2.05) is 6.07 Å². The molecule has 1 aromatic heterocycles. The maximum atomic E-state index is 13.9. The Morgan fingerprint density at radius 2 is 1.97 bits per heavy atom. The maximum absolute atomic E-state index is 13.9. The van der Waals surface area contributed by atoms with Crippen molar-refractivity contribution in [2.45, 2.75) is 6.92 Å². The van der Waals surface area contributed by atoms with E-state index in [-0.39, 0.29) is 28.6 Å². The zero-order valence-electron chi connectivity index (χ0n) is 15.4. The van der Waals surface area contributed by atoms with E-state index in [0.29, 0.717) is 5.69 Å². The zero-order chi connectivity index (χ0) is 20.8. The lowest BCUT2D eigenvalue weighted by atomic mass is 10.2. The first-order valence-corrected chi connectivity index (χ1v) is 9.12. The van der Waals surface area contributed by atoms with E-state index in [1.165, 1.54) is 35.2 Å². The Hall–Kier alpha value is -3.45. The molecule has 1 amide bonds. The van der Waals surface area contributed by atoms with Crippen molar-refractivity contribution in [3.8, 4) is 5.69 Å². The van der Waals surface area contributed by atoms with Gasteiger partial charge in [0.25, 0.3) is 0 Å². The fraction of sp³-hybridized carbons (Fsp3) is 0.0952. The Bertz CT molecular complexity index is 1040. The number of para-hydroxylation sites is 1. The van der Waals surface area contributed by atoms with E-state index in [0.717, 1.165) is 6.08 Å². The molecule has 29 heavy (non-hydrogen) atoms. The van der Waals surface area contributed by atoms with E-state index in [4.69, 9.17) is 16.3 Å². The number of ether oxygens (including phenoxy) is 1. The van der Waals surface area contributed by atoms with Crippen LogP contribution in [0.15, 0.2) is 60.8 Å². The SMILES string of the molecule is CCOC(=O)c1cnn(-c2ccccc2)c1NC(=O)/C=C/c1c(F)cccc1Cl. The molecule has 3 rings (SSSR count). The smallest absolute Gasteiger partial charge is 0.343 e. The highest BCUT2D eigenvalue weighted by atomic mass is 35.5. The topological polar surface area (TPSA) is 73.2 Å². The van der Waals surface area contributed by atoms with Gasteiger partial charge in [0.1, 0.15) is 11.4 Å². The van der Waals surface area contributed by atoms with Crippen molar-refractivity contribution in [3.63, 3.8) is 0 Å². The highest BCUT2D eigenvalue weighted by molar-refractivity contribution is 6.32. The van der Waals surface area contributed by atoms with Gasteiger partial charge in [-0.3, -0.25) is 4.79 Å². The summed E-state index contributed by atoms with van der Waals surface area (Å²) < 4.78 is 20.3. The summed E-state index contributed by atoms with van der Waals surface area (Å²) in [5, 5.41) is 6.98. The summed E-state index contributed by atoms with van der Waals surface area (Å²) >= 11 is 5.96. The lowest BCUT2D eigenvalue weighted by molar-refractivity contribution is -0.111. The van der Waals surface area contributed by atoms with Crippen molar-refractivity contribution >= 4 is 35.4 Å². The van der Waals surface area contributed by atoms with Crippen molar-refractivity contribution in [2.24, 2.45) is 0 Å². The van der Waals surface area contributed by atoms with Crippen molar-refractivity contribution in [3.05, 3.63) is 82.8 Å². The van der Waals surface area contributed by atoms with Crippen LogP contribution in [-0.2, 0) is 9.53 Å². The van der Waals surface area contributed by atoms with Crippen LogP contribution >= 0.6 is 11.6 Å². The van der Waals surface area contributed by atoms with Crippen molar-refractivity contribution in [1.82, 2.24) is 9.78 Å². The predicted octanol–water partition coefficient (Wildman–Crippen LogP) is 4.49. The first-order valence-electron chi connectivity index (χ1n) is 8.75. The Balaban J connectivity index is 1.92. The molecule has 0 bridgehead atoms. The third-order valence-electron chi connectivity index (χ3n) is 3.91. The molecule has 1 N–H and O–H groups in total. The number of carbonyl (C=O) groups excluding carboxylic acids is 2. The average molecular weight is 414 g/mol. The van der Waals surface area contributed by atoms with Crippen LogP contribution in [0.4, 0.5) is 10.2 Å². The van der Waals surface area contributed by atoms with Gasteiger partial charge in [-0.1, -0.05) is 35.9 Å². The summed E-state index contributed by atoms with van der Waals surface area (Å²) in [4.78, 5) is 24.7. The molecule has 0 aliphatic heterocycles. The van der Waals surface area contributed by atoms with Crippen LogP contribution in [0.25, 0.3) is 11.8 Å². The number of carbonyl (C=O) groups is 2. The number of anilines is 1. The van der Waals surface area contributed by atoms with Gasteiger partial charge in [0.2, 0.25) is 5.91 Å². The molecular formula is C21H17ClFN3O3. The van der Waals surface area contributed by atoms with Gasteiger partial charge in [-0.2, -0.15) is 5.10 Å². The lowest BCUT2D eigenvalue weighted by Gasteiger charge is -2.10. The molecule has 0 atom stereocenters. The van der Waals surface area contributed by atoms with Gasteiger partial charge >= 0.3 is 5.97 Å². The van der Waals surface area contributed by atoms with E-state index < -0.39 is 17.7 Å². The lowest BCUT2D eigenvalue weighted by Crippen LogP contribution is -2.16. The quantitative estimate of drug-likeness (QED) is 0.477. The Labute approximate surface area is 171 Å². The Morgan fingerprint density at radius 1 is 1.21 bits per heavy atom. The molecule has 0 aliphatic carbocycles. The minimum Gasteiger partial charge on any atom is -0.462 e. The summed E-state index contributed by atoms with van der Waals surface area (Å²) in [7, 11) is 0. The number of amides is 1. The second kappa shape index (κ2) is 9.16. The van der Waals surface area contributed by atoms with Gasteiger partial charge in [0, 0.05) is 11.6 Å². The van der Waals surface area contributed by atoms with Gasteiger partial charge in [-0.25, -0.2) is 13.9 Å². The normalized spacial score (nSPS) is 10.9. The molecule has 3 aromatic rings. The van der Waals surface area contributed by atoms with Gasteiger partial charge in [-0.15, -0.1) is 0 Å². The maximum Gasteiger partial charge on any atom is 0.343 e. The van der Waals surface area contributed by atoms with Crippen LogP contribution in [0, 0.1) is 5.82 Å². The summed E-state index contributed by atoms with van der Waals surface area (Å²) in [6, 6.07) is 13.2. The van der Waals surface area contributed by atoms with E-state index in [1.54, 1.807) is 31.2 Å². The van der Waals surface area contributed by atoms with Gasteiger partial charge in [0.05, 0.1) is 23.5 Å². The number of nitrogens with one attached hydrogen (secondary N) is 1. The number of hydrogen-bond donors (Lipinski definition) is 1. The number of esters is 1. The van der Waals surface area contributed by atoms with Crippen LogP contribution in [0.2, 0.25) is 5.02 Å². The first-order chi connectivity index (χ1) is 14.0. The molecule has 2 aromatic carbocycles. The molecular weight excluding hydrogens is 397 g/mol. The number of hydrogen-bond acceptors (Lipinski definition) is 4. The highest BCUT2D eigenvalue weighted by Crippen LogP contribution is 2.23. The van der Waals surface area contributed by atoms with Crippen LogP contribution in [-0.4, -0.2) is 28.3 Å². The van der Waals surface area contributed by atoms with Crippen molar-refractivity contribution < 1.29 is 18.7 Å². The monoisotopic (exact) mass is 413 g/mol. The summed E-state index contributed by atoms with van der Waals surface area (Å²) in [6.07, 6.45) is 3.71. The summed E-state index contributed by atoms with van der Waals surface area (Å²) in [5.41, 5.74) is 0.826. The summed E-state index contributed by atoms with van der Waals surface area (Å²) in [6.45, 7) is 1.85. The molecule has 0 saturated heterocycles. The zero-order valence-corrected chi connectivity index (χ0v) is 16.2.